The van der Waals surface area contributed by atoms with Crippen molar-refractivity contribution in [1.29, 1.82) is 0 Å². The van der Waals surface area contributed by atoms with Crippen molar-refractivity contribution in [2.75, 3.05) is 13.7 Å². The van der Waals surface area contributed by atoms with Crippen molar-refractivity contribution in [1.82, 2.24) is 15.6 Å². The van der Waals surface area contributed by atoms with E-state index < -0.39 is 0 Å². The Hall–Kier alpha value is -4.24. The molecular formula is C26H20FN3O4S. The van der Waals surface area contributed by atoms with Crippen molar-refractivity contribution in [2.45, 2.75) is 6.54 Å². The molecule has 2 N–H and O–H groups in total. The number of amides is 2. The summed E-state index contributed by atoms with van der Waals surface area (Å²) in [6.45, 7) is 0.110. The molecule has 0 saturated heterocycles. The number of para-hydroxylation sites is 1. The molecule has 5 aromatic rings. The number of carbonyl (C=O) groups is 2. The molecule has 2 heterocycles. The Morgan fingerprint density at radius 1 is 1.09 bits per heavy atom. The number of hydrogen-bond donors (Lipinski definition) is 2. The smallest absolute Gasteiger partial charge is 0.258 e. The molecular weight excluding hydrogens is 469 g/mol. The number of thiazole rings is 1. The third kappa shape index (κ3) is 4.71. The zero-order valence-electron chi connectivity index (χ0n) is 18.6. The number of aromatic nitrogens is 1. The summed E-state index contributed by atoms with van der Waals surface area (Å²) in [6.07, 6.45) is 0. The molecule has 3 aromatic carbocycles. The number of fused-ring (bicyclic) bond motifs is 2. The topological polar surface area (TPSA) is 93.5 Å². The molecule has 35 heavy (non-hydrogen) atoms. The fourth-order valence-corrected chi connectivity index (χ4v) is 4.60. The van der Waals surface area contributed by atoms with Crippen LogP contribution in [0.4, 0.5) is 4.39 Å². The fraction of sp³-hybridized carbons (Fsp3) is 0.115. The van der Waals surface area contributed by atoms with Gasteiger partial charge in [-0.05, 0) is 54.6 Å². The number of benzene rings is 3. The molecule has 0 unspecified atom stereocenters. The Bertz CT molecular complexity index is 1510. The van der Waals surface area contributed by atoms with Crippen LogP contribution in [0.5, 0.6) is 5.75 Å². The average Bonchev–Trinajstić information content (AvgIpc) is 3.47. The molecule has 2 amide bonds. The maximum atomic E-state index is 13.4. The number of carbonyl (C=O) groups excluding carboxylic acids is 2. The minimum atomic E-state index is -0.386. The van der Waals surface area contributed by atoms with Gasteiger partial charge in [-0.3, -0.25) is 9.59 Å². The summed E-state index contributed by atoms with van der Waals surface area (Å²) in [5.74, 6) is -0.304. The van der Waals surface area contributed by atoms with E-state index in [1.165, 1.54) is 30.5 Å². The third-order valence-corrected chi connectivity index (χ3v) is 6.40. The van der Waals surface area contributed by atoms with Gasteiger partial charge in [0.1, 0.15) is 27.9 Å². The molecule has 9 heteroatoms. The number of halogens is 1. The Labute approximate surface area is 203 Å². The first-order chi connectivity index (χ1) is 17.0. The zero-order chi connectivity index (χ0) is 24.4. The number of nitrogens with zero attached hydrogens (tertiary/aromatic N) is 1. The molecule has 0 fully saturated rings. The van der Waals surface area contributed by atoms with Gasteiger partial charge in [-0.2, -0.15) is 0 Å². The summed E-state index contributed by atoms with van der Waals surface area (Å²) < 4.78 is 26.0. The predicted octanol–water partition coefficient (Wildman–Crippen LogP) is 4.90. The molecule has 0 aliphatic rings. The molecule has 0 spiro atoms. The largest absolute Gasteiger partial charge is 0.484 e. The van der Waals surface area contributed by atoms with Crippen LogP contribution in [-0.4, -0.2) is 30.5 Å². The van der Waals surface area contributed by atoms with Crippen molar-refractivity contribution in [3.8, 4) is 17.1 Å². The van der Waals surface area contributed by atoms with Crippen molar-refractivity contribution < 1.29 is 23.1 Å². The molecule has 5 rings (SSSR count). The highest BCUT2D eigenvalue weighted by molar-refractivity contribution is 7.18. The van der Waals surface area contributed by atoms with Gasteiger partial charge in [0.15, 0.2) is 6.61 Å². The van der Waals surface area contributed by atoms with Crippen molar-refractivity contribution in [2.24, 2.45) is 0 Å². The second kappa shape index (κ2) is 9.55. The second-order valence-corrected chi connectivity index (χ2v) is 8.81. The van der Waals surface area contributed by atoms with Crippen LogP contribution in [0.3, 0.4) is 0 Å². The van der Waals surface area contributed by atoms with Gasteiger partial charge in [0, 0.05) is 18.0 Å². The van der Waals surface area contributed by atoms with E-state index in [0.717, 1.165) is 15.2 Å². The normalized spacial score (nSPS) is 11.0. The number of ether oxygens (including phenoxy) is 1. The lowest BCUT2D eigenvalue weighted by Gasteiger charge is -2.07. The van der Waals surface area contributed by atoms with Gasteiger partial charge in [-0.1, -0.05) is 12.1 Å². The first kappa shape index (κ1) is 22.5. The Morgan fingerprint density at radius 2 is 1.89 bits per heavy atom. The van der Waals surface area contributed by atoms with Crippen LogP contribution in [0.15, 0.2) is 71.1 Å². The Balaban J connectivity index is 1.31. The van der Waals surface area contributed by atoms with Crippen LogP contribution in [0.25, 0.3) is 32.5 Å². The molecule has 2 aromatic heterocycles. The zero-order valence-corrected chi connectivity index (χ0v) is 19.4. The first-order valence-electron chi connectivity index (χ1n) is 10.8. The molecule has 0 aliphatic carbocycles. The van der Waals surface area contributed by atoms with Crippen molar-refractivity contribution in [3.63, 3.8) is 0 Å². The minimum Gasteiger partial charge on any atom is -0.484 e. The van der Waals surface area contributed by atoms with Gasteiger partial charge in [-0.25, -0.2) is 9.37 Å². The van der Waals surface area contributed by atoms with Crippen LogP contribution in [0, 0.1) is 5.82 Å². The highest BCUT2D eigenvalue weighted by Gasteiger charge is 2.22. The van der Waals surface area contributed by atoms with Gasteiger partial charge < -0.3 is 19.8 Å². The van der Waals surface area contributed by atoms with E-state index in [9.17, 15) is 14.0 Å². The number of furan rings is 1. The van der Waals surface area contributed by atoms with E-state index in [1.54, 1.807) is 30.3 Å². The lowest BCUT2D eigenvalue weighted by Crippen LogP contribution is -2.28. The average molecular weight is 490 g/mol. The van der Waals surface area contributed by atoms with E-state index in [2.05, 4.69) is 15.6 Å². The standard InChI is InChI=1S/C26H20FN3O4S/c1-28-26(32)24-18-12-17(10-11-20(18)34-25(24)15-6-8-16(27)9-7-15)33-14-22(31)29-13-23-30-19-4-2-3-5-21(19)35-23/h2-12H,13-14H2,1H3,(H,28,32)(H,29,31). The molecule has 7 nitrogen and oxygen atoms in total. The van der Waals surface area contributed by atoms with Gasteiger partial charge in [0.05, 0.1) is 22.3 Å². The maximum absolute atomic E-state index is 13.4. The van der Waals surface area contributed by atoms with Crippen LogP contribution < -0.4 is 15.4 Å². The van der Waals surface area contributed by atoms with Crippen molar-refractivity contribution in [3.05, 3.63) is 83.1 Å². The fourth-order valence-electron chi connectivity index (χ4n) is 3.69. The predicted molar refractivity (Wildman–Crippen MR) is 132 cm³/mol. The molecule has 0 atom stereocenters. The molecule has 0 saturated carbocycles. The Morgan fingerprint density at radius 3 is 2.66 bits per heavy atom. The van der Waals surface area contributed by atoms with Gasteiger partial charge >= 0.3 is 0 Å². The summed E-state index contributed by atoms with van der Waals surface area (Å²) in [5.41, 5.74) is 2.24. The lowest BCUT2D eigenvalue weighted by atomic mass is 10.0. The van der Waals surface area contributed by atoms with Gasteiger partial charge in [0.2, 0.25) is 0 Å². The number of hydrogen-bond acceptors (Lipinski definition) is 6. The quantitative estimate of drug-likeness (QED) is 0.339. The summed E-state index contributed by atoms with van der Waals surface area (Å²) in [5, 5.41) is 6.75. The molecule has 176 valence electrons. The van der Waals surface area contributed by atoms with Crippen LogP contribution >= 0.6 is 11.3 Å². The highest BCUT2D eigenvalue weighted by Crippen LogP contribution is 2.35. The van der Waals surface area contributed by atoms with E-state index in [-0.39, 0.29) is 24.2 Å². The van der Waals surface area contributed by atoms with Crippen molar-refractivity contribution >= 4 is 44.3 Å². The lowest BCUT2D eigenvalue weighted by molar-refractivity contribution is -0.123. The monoisotopic (exact) mass is 489 g/mol. The first-order valence-corrected chi connectivity index (χ1v) is 11.6. The molecule has 0 aliphatic heterocycles. The maximum Gasteiger partial charge on any atom is 0.258 e. The van der Waals surface area contributed by atoms with E-state index in [0.29, 0.717) is 40.2 Å². The van der Waals surface area contributed by atoms with Gasteiger partial charge in [0.25, 0.3) is 11.8 Å². The summed E-state index contributed by atoms with van der Waals surface area (Å²) in [6, 6.07) is 18.5. The van der Waals surface area contributed by atoms with E-state index in [1.807, 2.05) is 24.3 Å². The minimum absolute atomic E-state index is 0.200. The Kier molecular flexibility index (Phi) is 6.15. The number of rotatable bonds is 7. The second-order valence-electron chi connectivity index (χ2n) is 7.69. The van der Waals surface area contributed by atoms with Crippen LogP contribution in [-0.2, 0) is 11.3 Å². The highest BCUT2D eigenvalue weighted by atomic mass is 32.1. The van der Waals surface area contributed by atoms with Gasteiger partial charge in [-0.15, -0.1) is 11.3 Å². The van der Waals surface area contributed by atoms with Crippen LogP contribution in [0.2, 0.25) is 0 Å². The number of nitrogens with one attached hydrogen (secondary N) is 2. The van der Waals surface area contributed by atoms with Crippen LogP contribution in [0.1, 0.15) is 15.4 Å². The SMILES string of the molecule is CNC(=O)c1c(-c2ccc(F)cc2)oc2ccc(OCC(=O)NCc3nc4ccccc4s3)cc12. The summed E-state index contributed by atoms with van der Waals surface area (Å²) in [7, 11) is 1.52. The van der Waals surface area contributed by atoms with E-state index >= 15 is 0 Å². The molecule has 0 radical (unpaired) electrons. The van der Waals surface area contributed by atoms with E-state index in [4.69, 9.17) is 9.15 Å². The third-order valence-electron chi connectivity index (χ3n) is 5.36. The summed E-state index contributed by atoms with van der Waals surface area (Å²) >= 11 is 1.53. The summed E-state index contributed by atoms with van der Waals surface area (Å²) in [4.78, 5) is 29.5. The molecule has 0 bridgehead atoms.